The molecule has 27 heavy (non-hydrogen) atoms. The number of hydrogen-bond acceptors (Lipinski definition) is 5. The summed E-state index contributed by atoms with van der Waals surface area (Å²) >= 11 is 3.57. The number of hydrogen-bond donors (Lipinski definition) is 2. The second-order valence-electron chi connectivity index (χ2n) is 8.01. The predicted molar refractivity (Wildman–Crippen MR) is 112 cm³/mol. The van der Waals surface area contributed by atoms with Gasteiger partial charge in [0.05, 0.1) is 18.3 Å². The van der Waals surface area contributed by atoms with Crippen LogP contribution in [-0.4, -0.2) is 34.3 Å². The Balaban J connectivity index is 1.61. The van der Waals surface area contributed by atoms with Crippen LogP contribution in [0.4, 0.5) is 11.8 Å². The second kappa shape index (κ2) is 7.76. The molecular weight excluding hydrogens is 404 g/mol. The molecule has 2 heterocycles. The van der Waals surface area contributed by atoms with Crippen molar-refractivity contribution in [1.82, 2.24) is 9.97 Å². The van der Waals surface area contributed by atoms with E-state index in [1.54, 1.807) is 0 Å². The van der Waals surface area contributed by atoms with Gasteiger partial charge >= 0.3 is 0 Å². The van der Waals surface area contributed by atoms with Crippen LogP contribution >= 0.6 is 15.9 Å². The summed E-state index contributed by atoms with van der Waals surface area (Å²) < 4.78 is 1.14. The molecule has 1 aromatic heterocycles. The number of fused-ring (bicyclic) bond motifs is 1. The highest BCUT2D eigenvalue weighted by molar-refractivity contribution is 9.10. The first-order chi connectivity index (χ1) is 13.0. The fourth-order valence-electron chi connectivity index (χ4n) is 3.57. The molecule has 1 saturated carbocycles. The molecule has 0 spiro atoms. The average Bonchev–Trinajstić information content (AvgIpc) is 3.50. The molecule has 0 amide bonds. The van der Waals surface area contributed by atoms with Crippen LogP contribution in [-0.2, 0) is 13.0 Å². The summed E-state index contributed by atoms with van der Waals surface area (Å²) in [6.45, 7) is 6.10. The van der Waals surface area contributed by atoms with Gasteiger partial charge in [0.1, 0.15) is 5.82 Å². The van der Waals surface area contributed by atoms with E-state index in [1.807, 2.05) is 0 Å². The van der Waals surface area contributed by atoms with E-state index in [-0.39, 0.29) is 12.6 Å². The van der Waals surface area contributed by atoms with Gasteiger partial charge in [-0.05, 0) is 48.4 Å². The Morgan fingerprint density at radius 3 is 2.74 bits per heavy atom. The van der Waals surface area contributed by atoms with Gasteiger partial charge < -0.3 is 15.3 Å². The molecule has 1 atom stereocenters. The van der Waals surface area contributed by atoms with Crippen LogP contribution in [0, 0.1) is 5.92 Å². The number of benzene rings is 1. The molecule has 2 aliphatic rings. The lowest BCUT2D eigenvalue weighted by Gasteiger charge is -2.30. The van der Waals surface area contributed by atoms with E-state index >= 15 is 0 Å². The second-order valence-corrected chi connectivity index (χ2v) is 8.93. The number of halogens is 1. The van der Waals surface area contributed by atoms with Crippen molar-refractivity contribution >= 4 is 27.7 Å². The first-order valence-corrected chi connectivity index (χ1v) is 10.6. The zero-order valence-corrected chi connectivity index (χ0v) is 17.5. The SMILES string of the molecule is CC(C)[C@@H](CO)Nc1nc(C2CC2)cc(N2CCc3cc(Br)ccc3C2)n1. The predicted octanol–water partition coefficient (Wildman–Crippen LogP) is 4.11. The monoisotopic (exact) mass is 430 g/mol. The van der Waals surface area contributed by atoms with Gasteiger partial charge in [-0.25, -0.2) is 4.98 Å². The fourth-order valence-corrected chi connectivity index (χ4v) is 3.98. The quantitative estimate of drug-likeness (QED) is 0.721. The Morgan fingerprint density at radius 2 is 2.04 bits per heavy atom. The Hall–Kier alpha value is -1.66. The molecule has 0 bridgehead atoms. The van der Waals surface area contributed by atoms with Crippen LogP contribution in [0.2, 0.25) is 0 Å². The van der Waals surface area contributed by atoms with Gasteiger partial charge in [0.2, 0.25) is 5.95 Å². The van der Waals surface area contributed by atoms with Gasteiger partial charge in [0.25, 0.3) is 0 Å². The van der Waals surface area contributed by atoms with Crippen molar-refractivity contribution in [2.24, 2.45) is 5.92 Å². The molecule has 5 nitrogen and oxygen atoms in total. The van der Waals surface area contributed by atoms with E-state index in [1.165, 1.54) is 24.0 Å². The smallest absolute Gasteiger partial charge is 0.225 e. The van der Waals surface area contributed by atoms with Crippen molar-refractivity contribution in [2.75, 3.05) is 23.4 Å². The van der Waals surface area contributed by atoms with E-state index in [4.69, 9.17) is 9.97 Å². The first-order valence-electron chi connectivity index (χ1n) is 9.82. The average molecular weight is 431 g/mol. The molecule has 1 aliphatic heterocycles. The number of nitrogens with zero attached hydrogens (tertiary/aromatic N) is 3. The summed E-state index contributed by atoms with van der Waals surface area (Å²) in [6, 6.07) is 8.67. The molecule has 0 unspecified atom stereocenters. The maximum atomic E-state index is 9.67. The molecule has 0 radical (unpaired) electrons. The van der Waals surface area contributed by atoms with Gasteiger partial charge in [-0.3, -0.25) is 0 Å². The van der Waals surface area contributed by atoms with Crippen LogP contribution in [0.5, 0.6) is 0 Å². The van der Waals surface area contributed by atoms with Crippen LogP contribution in [0.15, 0.2) is 28.7 Å². The lowest BCUT2D eigenvalue weighted by atomic mass is 10.00. The largest absolute Gasteiger partial charge is 0.394 e. The summed E-state index contributed by atoms with van der Waals surface area (Å²) in [6.07, 6.45) is 3.44. The van der Waals surface area contributed by atoms with E-state index in [2.05, 4.69) is 64.3 Å². The van der Waals surface area contributed by atoms with E-state index in [0.29, 0.717) is 17.8 Å². The summed E-state index contributed by atoms with van der Waals surface area (Å²) in [4.78, 5) is 11.9. The molecular formula is C21H27BrN4O. The zero-order chi connectivity index (χ0) is 19.0. The lowest BCUT2D eigenvalue weighted by Crippen LogP contribution is -2.33. The Kier molecular flexibility index (Phi) is 5.37. The van der Waals surface area contributed by atoms with Gasteiger partial charge in [-0.2, -0.15) is 4.98 Å². The normalized spacial score (nSPS) is 17.7. The van der Waals surface area contributed by atoms with E-state index in [9.17, 15) is 5.11 Å². The van der Waals surface area contributed by atoms with Crippen LogP contribution in [0.3, 0.4) is 0 Å². The highest BCUT2D eigenvalue weighted by Gasteiger charge is 2.28. The highest BCUT2D eigenvalue weighted by atomic mass is 79.9. The number of aliphatic hydroxyl groups excluding tert-OH is 1. The van der Waals surface area contributed by atoms with Crippen molar-refractivity contribution < 1.29 is 5.11 Å². The van der Waals surface area contributed by atoms with Crippen molar-refractivity contribution in [3.63, 3.8) is 0 Å². The van der Waals surface area contributed by atoms with E-state index < -0.39 is 0 Å². The van der Waals surface area contributed by atoms with Gasteiger partial charge in [-0.1, -0.05) is 35.8 Å². The minimum atomic E-state index is -0.0354. The fraction of sp³-hybridized carbons (Fsp3) is 0.524. The minimum Gasteiger partial charge on any atom is -0.394 e. The number of aliphatic hydroxyl groups is 1. The lowest BCUT2D eigenvalue weighted by molar-refractivity contribution is 0.248. The van der Waals surface area contributed by atoms with Crippen LogP contribution in [0.25, 0.3) is 0 Å². The maximum Gasteiger partial charge on any atom is 0.225 e. The summed E-state index contributed by atoms with van der Waals surface area (Å²) in [5.74, 6) is 2.51. The van der Waals surface area contributed by atoms with Gasteiger partial charge in [0.15, 0.2) is 0 Å². The number of rotatable bonds is 6. The number of nitrogens with one attached hydrogen (secondary N) is 1. The summed E-state index contributed by atoms with van der Waals surface area (Å²) in [5.41, 5.74) is 3.90. The number of aromatic nitrogens is 2. The molecule has 1 aromatic carbocycles. The first kappa shape index (κ1) is 18.7. The van der Waals surface area contributed by atoms with Crippen molar-refractivity contribution in [1.29, 1.82) is 0 Å². The standard InChI is InChI=1S/C21H27BrN4O/c1-13(2)19(12-27)24-21-23-18(14-3-4-14)10-20(25-21)26-8-7-15-9-17(22)6-5-16(15)11-26/h5-6,9-10,13-14,19,27H,3-4,7-8,11-12H2,1-2H3,(H,23,24,25)/t19-/m1/s1. The highest BCUT2D eigenvalue weighted by Crippen LogP contribution is 2.40. The summed E-state index contributed by atoms with van der Waals surface area (Å²) in [5, 5.41) is 13.0. The third-order valence-electron chi connectivity index (χ3n) is 5.55. The van der Waals surface area contributed by atoms with Gasteiger partial charge in [-0.15, -0.1) is 0 Å². The Bertz CT molecular complexity index is 822. The third-order valence-corrected chi connectivity index (χ3v) is 6.04. The molecule has 0 saturated heterocycles. The molecule has 6 heteroatoms. The molecule has 144 valence electrons. The van der Waals surface area contributed by atoms with Crippen LogP contribution in [0.1, 0.15) is 49.4 Å². The molecule has 1 fully saturated rings. The Labute approximate surface area is 169 Å². The maximum absolute atomic E-state index is 9.67. The number of anilines is 2. The Morgan fingerprint density at radius 1 is 1.22 bits per heavy atom. The topological polar surface area (TPSA) is 61.3 Å². The van der Waals surface area contributed by atoms with Crippen molar-refractivity contribution in [3.8, 4) is 0 Å². The molecule has 1 aliphatic carbocycles. The molecule has 4 rings (SSSR count). The molecule has 2 N–H and O–H groups in total. The van der Waals surface area contributed by atoms with Crippen LogP contribution < -0.4 is 10.2 Å². The van der Waals surface area contributed by atoms with Gasteiger partial charge in [0, 0.05) is 29.5 Å². The minimum absolute atomic E-state index is 0.0354. The van der Waals surface area contributed by atoms with Crippen molar-refractivity contribution in [2.45, 2.75) is 51.6 Å². The zero-order valence-electron chi connectivity index (χ0n) is 16.0. The molecule has 2 aromatic rings. The third kappa shape index (κ3) is 4.27. The summed E-state index contributed by atoms with van der Waals surface area (Å²) in [7, 11) is 0. The van der Waals surface area contributed by atoms with E-state index in [0.717, 1.165) is 35.5 Å². The van der Waals surface area contributed by atoms with Crippen molar-refractivity contribution in [3.05, 3.63) is 45.6 Å².